The van der Waals surface area contributed by atoms with Gasteiger partial charge in [0.05, 0.1) is 18.9 Å². The molecule has 1 aromatic heterocycles. The van der Waals surface area contributed by atoms with Crippen LogP contribution in [0.25, 0.3) is 0 Å². The van der Waals surface area contributed by atoms with Crippen molar-refractivity contribution in [2.45, 2.75) is 31.9 Å². The number of anilines is 2. The van der Waals surface area contributed by atoms with Crippen LogP contribution in [0.5, 0.6) is 5.75 Å². The highest BCUT2D eigenvalue weighted by atomic mass is 32.1. The first-order valence-corrected chi connectivity index (χ1v) is 12.6. The number of nitrogens with two attached hydrogens (primary N) is 2. The maximum atomic E-state index is 14.1. The van der Waals surface area contributed by atoms with E-state index in [1.54, 1.807) is 49.6 Å². The molecule has 4 rings (SSSR count). The van der Waals surface area contributed by atoms with E-state index in [0.29, 0.717) is 30.2 Å². The molecule has 2 atom stereocenters. The summed E-state index contributed by atoms with van der Waals surface area (Å²) < 4.78 is 14.9. The van der Waals surface area contributed by atoms with Crippen LogP contribution >= 0.6 is 11.5 Å². The highest BCUT2D eigenvalue weighted by molar-refractivity contribution is 7.09. The molecule has 1 aliphatic rings. The first-order valence-electron chi connectivity index (χ1n) is 11.8. The first-order chi connectivity index (χ1) is 17.8. The maximum Gasteiger partial charge on any atom is 0.273 e. The van der Waals surface area contributed by atoms with E-state index in [2.05, 4.69) is 9.69 Å². The van der Waals surface area contributed by atoms with E-state index in [0.717, 1.165) is 29.9 Å². The van der Waals surface area contributed by atoms with Gasteiger partial charge in [0, 0.05) is 18.8 Å². The number of benzene rings is 2. The fraction of sp³-hybridized carbons (Fsp3) is 0.308. The van der Waals surface area contributed by atoms with Crippen LogP contribution in [-0.4, -0.2) is 48.5 Å². The zero-order valence-electron chi connectivity index (χ0n) is 20.6. The molecule has 3 aromatic rings. The van der Waals surface area contributed by atoms with Gasteiger partial charge in [0.1, 0.15) is 16.7 Å². The lowest BCUT2D eigenvalue weighted by Crippen LogP contribution is -2.45. The molecule has 0 unspecified atom stereocenters. The summed E-state index contributed by atoms with van der Waals surface area (Å²) in [5.41, 5.74) is 13.1. The molecule has 0 spiro atoms. The Morgan fingerprint density at radius 2 is 2.00 bits per heavy atom. The number of nitrogens with zero attached hydrogens (tertiary/aromatic N) is 2. The molecule has 11 heteroatoms. The predicted octanol–water partition coefficient (Wildman–Crippen LogP) is 2.82. The molecule has 0 aliphatic carbocycles. The molecule has 10 nitrogen and oxygen atoms in total. The largest absolute Gasteiger partial charge is 0.497 e. The van der Waals surface area contributed by atoms with Gasteiger partial charge in [-0.25, -0.2) is 0 Å². The van der Waals surface area contributed by atoms with Gasteiger partial charge in [-0.3, -0.25) is 19.3 Å². The minimum Gasteiger partial charge on any atom is -0.497 e. The molecular formula is C26H29N5O5S. The van der Waals surface area contributed by atoms with E-state index in [9.17, 15) is 14.4 Å². The lowest BCUT2D eigenvalue weighted by Gasteiger charge is -2.32. The van der Waals surface area contributed by atoms with Crippen molar-refractivity contribution in [3.8, 4) is 5.75 Å². The van der Waals surface area contributed by atoms with Crippen LogP contribution in [-0.2, 0) is 9.53 Å². The molecule has 1 fully saturated rings. The summed E-state index contributed by atoms with van der Waals surface area (Å²) >= 11 is 0.765. The van der Waals surface area contributed by atoms with Gasteiger partial charge in [0.2, 0.25) is 5.91 Å². The van der Waals surface area contributed by atoms with Gasteiger partial charge in [0.25, 0.3) is 11.8 Å². The predicted molar refractivity (Wildman–Crippen MR) is 141 cm³/mol. The summed E-state index contributed by atoms with van der Waals surface area (Å²) in [6.07, 6.45) is 1.70. The molecule has 5 N–H and O–H groups in total. The second-order valence-corrected chi connectivity index (χ2v) is 9.48. The molecule has 2 aromatic carbocycles. The summed E-state index contributed by atoms with van der Waals surface area (Å²) in [6, 6.07) is 13.1. The number of rotatable bonds is 9. The molecule has 0 bridgehead atoms. The fourth-order valence-electron chi connectivity index (χ4n) is 4.22. The Morgan fingerprint density at radius 1 is 1.24 bits per heavy atom. The third-order valence-electron chi connectivity index (χ3n) is 6.12. The summed E-state index contributed by atoms with van der Waals surface area (Å²) in [4.78, 5) is 41.0. The van der Waals surface area contributed by atoms with Crippen molar-refractivity contribution in [3.63, 3.8) is 0 Å². The number of hydrogen-bond donors (Lipinski definition) is 3. The van der Waals surface area contributed by atoms with Crippen molar-refractivity contribution in [2.75, 3.05) is 30.9 Å². The van der Waals surface area contributed by atoms with Gasteiger partial charge in [-0.1, -0.05) is 24.3 Å². The van der Waals surface area contributed by atoms with Gasteiger partial charge >= 0.3 is 0 Å². The molecule has 0 saturated carbocycles. The number of amides is 3. The molecule has 37 heavy (non-hydrogen) atoms. The van der Waals surface area contributed by atoms with Crippen LogP contribution in [0, 0.1) is 6.92 Å². The Bertz CT molecular complexity index is 1290. The third kappa shape index (κ3) is 5.73. The van der Waals surface area contributed by atoms with E-state index in [1.165, 1.54) is 4.90 Å². The first kappa shape index (κ1) is 26.1. The number of nitrogen functional groups attached to an aromatic ring is 1. The number of primary amides is 1. The molecule has 0 radical (unpaired) electrons. The molecule has 1 aliphatic heterocycles. The van der Waals surface area contributed by atoms with Crippen LogP contribution < -0.4 is 26.4 Å². The minimum absolute atomic E-state index is 0.0146. The zero-order valence-corrected chi connectivity index (χ0v) is 21.4. The van der Waals surface area contributed by atoms with E-state index < -0.39 is 23.8 Å². The lowest BCUT2D eigenvalue weighted by molar-refractivity contribution is -0.123. The number of carbonyl (C=O) groups is 3. The lowest BCUT2D eigenvalue weighted by atomic mass is 10.0. The van der Waals surface area contributed by atoms with Crippen LogP contribution in [0.1, 0.15) is 50.2 Å². The van der Waals surface area contributed by atoms with E-state index >= 15 is 0 Å². The average molecular weight is 524 g/mol. The Labute approximate surface area is 218 Å². The number of ether oxygens (including phenoxy) is 2. The molecule has 2 heterocycles. The Balaban J connectivity index is 1.81. The van der Waals surface area contributed by atoms with E-state index in [4.69, 9.17) is 20.9 Å². The standard InChI is InChI=1S/C26H29N5O5S/c1-15-5-3-6-17(13-15)31(26(34)23-20(27)21(24(28)32)30-37-23)22(16-8-10-18(35-2)11-9-16)25(33)29-14-19-7-4-12-36-19/h3,5-6,8-11,13,19,22H,4,7,12,14,27H2,1-2H3,(H2,28,32)(H,29,33)/t19-,22-/m0/s1. The normalized spacial score (nSPS) is 15.7. The van der Waals surface area contributed by atoms with Crippen molar-refractivity contribution in [2.24, 2.45) is 5.73 Å². The van der Waals surface area contributed by atoms with Gasteiger partial charge in [-0.15, -0.1) is 0 Å². The molecular weight excluding hydrogens is 494 g/mol. The maximum absolute atomic E-state index is 14.1. The second kappa shape index (κ2) is 11.4. The van der Waals surface area contributed by atoms with Crippen molar-refractivity contribution in [1.82, 2.24) is 9.69 Å². The molecule has 3 amide bonds. The quantitative estimate of drug-likeness (QED) is 0.390. The monoisotopic (exact) mass is 523 g/mol. The second-order valence-electron chi connectivity index (χ2n) is 8.71. The summed E-state index contributed by atoms with van der Waals surface area (Å²) in [5, 5.41) is 2.95. The van der Waals surface area contributed by atoms with E-state index in [-0.39, 0.29) is 22.4 Å². The Morgan fingerprint density at radius 3 is 2.59 bits per heavy atom. The molecule has 194 valence electrons. The van der Waals surface area contributed by atoms with Crippen LogP contribution in [0.3, 0.4) is 0 Å². The Hall–Kier alpha value is -3.96. The minimum atomic E-state index is -1.07. The highest BCUT2D eigenvalue weighted by Crippen LogP contribution is 2.34. The van der Waals surface area contributed by atoms with Crippen molar-refractivity contribution < 1.29 is 23.9 Å². The molecule has 1 saturated heterocycles. The number of nitrogens with one attached hydrogen (secondary N) is 1. The van der Waals surface area contributed by atoms with Crippen LogP contribution in [0.2, 0.25) is 0 Å². The zero-order chi connectivity index (χ0) is 26.5. The van der Waals surface area contributed by atoms with Gasteiger partial charge in [-0.2, -0.15) is 4.37 Å². The van der Waals surface area contributed by atoms with Crippen LogP contribution in [0.15, 0.2) is 48.5 Å². The third-order valence-corrected chi connectivity index (χ3v) is 6.97. The summed E-state index contributed by atoms with van der Waals surface area (Å²) in [6.45, 7) is 2.86. The SMILES string of the molecule is COc1ccc([C@@H](C(=O)NC[C@@H]2CCCO2)N(C(=O)c2snc(C(N)=O)c2N)c2cccc(C)c2)cc1. The van der Waals surface area contributed by atoms with Crippen molar-refractivity contribution in [3.05, 3.63) is 70.2 Å². The number of aromatic nitrogens is 1. The Kier molecular flexibility index (Phi) is 8.04. The summed E-state index contributed by atoms with van der Waals surface area (Å²) in [5.74, 6) is -1.21. The van der Waals surface area contributed by atoms with E-state index in [1.807, 2.05) is 13.0 Å². The smallest absolute Gasteiger partial charge is 0.273 e. The average Bonchev–Trinajstić information content (AvgIpc) is 3.55. The van der Waals surface area contributed by atoms with Crippen LogP contribution in [0.4, 0.5) is 11.4 Å². The number of hydrogen-bond acceptors (Lipinski definition) is 8. The summed E-state index contributed by atoms with van der Waals surface area (Å²) in [7, 11) is 1.55. The fourth-order valence-corrected chi connectivity index (χ4v) is 4.96. The van der Waals surface area contributed by atoms with Crippen molar-refractivity contribution in [1.29, 1.82) is 0 Å². The topological polar surface area (TPSA) is 150 Å². The van der Waals surface area contributed by atoms with Gasteiger partial charge < -0.3 is 26.3 Å². The highest BCUT2D eigenvalue weighted by Gasteiger charge is 2.36. The van der Waals surface area contributed by atoms with Gasteiger partial charge in [-0.05, 0) is 66.7 Å². The number of methoxy groups -OCH3 is 1. The number of aryl methyl sites for hydroxylation is 1. The van der Waals surface area contributed by atoms with Crippen molar-refractivity contribution >= 4 is 40.6 Å². The van der Waals surface area contributed by atoms with Gasteiger partial charge in [0.15, 0.2) is 5.69 Å². The number of carbonyl (C=O) groups excluding carboxylic acids is 3.